The summed E-state index contributed by atoms with van der Waals surface area (Å²) in [6.07, 6.45) is 1.39. The van der Waals surface area contributed by atoms with Crippen LogP contribution in [0.25, 0.3) is 0 Å². The Morgan fingerprint density at radius 3 is 2.28 bits per heavy atom. The monoisotopic (exact) mass is 541 g/mol. The lowest BCUT2D eigenvalue weighted by atomic mass is 9.94. The van der Waals surface area contributed by atoms with E-state index in [-0.39, 0.29) is 18.2 Å². The first-order valence-electron chi connectivity index (χ1n) is 11.4. The number of benzene rings is 2. The van der Waals surface area contributed by atoms with E-state index in [1.54, 1.807) is 52.1 Å². The molecule has 0 spiro atoms. The molecular formula is C24H32FN3O6S2. The zero-order valence-electron chi connectivity index (χ0n) is 21.0. The van der Waals surface area contributed by atoms with E-state index >= 15 is 4.39 Å². The Kier molecular flexibility index (Phi) is 8.23. The van der Waals surface area contributed by atoms with Crippen molar-refractivity contribution in [2.45, 2.75) is 63.4 Å². The summed E-state index contributed by atoms with van der Waals surface area (Å²) in [4.78, 5) is 10.7. The zero-order valence-corrected chi connectivity index (χ0v) is 22.6. The fourth-order valence-corrected chi connectivity index (χ4v) is 6.87. The van der Waals surface area contributed by atoms with Crippen molar-refractivity contribution in [3.63, 3.8) is 0 Å². The van der Waals surface area contributed by atoms with Gasteiger partial charge in [0.05, 0.1) is 39.1 Å². The Balaban J connectivity index is 2.02. The SMILES string of the molecule is COc1ccc(CN(C2CC2)S(=O)(=O)C[C@](C)(N[S@](=O)C(C)(C)C)c2cc([N+](=O)[O-])ccc2F)cc1. The summed E-state index contributed by atoms with van der Waals surface area (Å²) < 4.78 is 64.2. The predicted octanol–water partition coefficient (Wildman–Crippen LogP) is 4.00. The number of methoxy groups -OCH3 is 1. The number of nitrogens with one attached hydrogen (secondary N) is 1. The largest absolute Gasteiger partial charge is 0.497 e. The van der Waals surface area contributed by atoms with Crippen LogP contribution < -0.4 is 9.46 Å². The number of hydrogen-bond acceptors (Lipinski definition) is 6. The van der Waals surface area contributed by atoms with Crippen LogP contribution in [0.5, 0.6) is 5.75 Å². The fourth-order valence-electron chi connectivity index (χ4n) is 3.75. The highest BCUT2D eigenvalue weighted by molar-refractivity contribution is 7.89. The van der Waals surface area contributed by atoms with Crippen LogP contribution in [0.3, 0.4) is 0 Å². The Hall–Kier alpha value is -2.41. The number of rotatable bonds is 11. The highest BCUT2D eigenvalue weighted by Gasteiger charge is 2.44. The van der Waals surface area contributed by atoms with Crippen LogP contribution in [0.15, 0.2) is 42.5 Å². The van der Waals surface area contributed by atoms with Gasteiger partial charge < -0.3 is 4.74 Å². The first-order chi connectivity index (χ1) is 16.7. The van der Waals surface area contributed by atoms with Gasteiger partial charge in [-0.25, -0.2) is 21.7 Å². The van der Waals surface area contributed by atoms with Gasteiger partial charge >= 0.3 is 0 Å². The molecule has 2 atom stereocenters. The molecule has 0 bridgehead atoms. The molecule has 1 aliphatic carbocycles. The van der Waals surface area contributed by atoms with Gasteiger partial charge in [-0.1, -0.05) is 12.1 Å². The summed E-state index contributed by atoms with van der Waals surface area (Å²) in [5.41, 5.74) is -1.60. The number of hydrogen-bond donors (Lipinski definition) is 1. The molecule has 1 aliphatic rings. The molecule has 0 saturated heterocycles. The maximum Gasteiger partial charge on any atom is 0.269 e. The smallest absolute Gasteiger partial charge is 0.269 e. The number of sulfonamides is 1. The Labute approximate surface area is 213 Å². The van der Waals surface area contributed by atoms with E-state index in [4.69, 9.17) is 4.74 Å². The van der Waals surface area contributed by atoms with Gasteiger partial charge in [0, 0.05) is 30.3 Å². The third-order valence-corrected chi connectivity index (χ3v) is 9.74. The second-order valence-corrected chi connectivity index (χ2v) is 14.0. The predicted molar refractivity (Wildman–Crippen MR) is 137 cm³/mol. The molecule has 0 unspecified atom stereocenters. The van der Waals surface area contributed by atoms with E-state index in [0.29, 0.717) is 18.6 Å². The summed E-state index contributed by atoms with van der Waals surface area (Å²) in [5.74, 6) is -0.834. The second kappa shape index (κ2) is 10.5. The molecule has 12 heteroatoms. The standard InChI is InChI=1S/C24H32FN3O6S2/c1-23(2,3)35(31)26-24(4,21-14-19(28(29)30)10-13-22(21)25)16-36(32,33)27(18-8-9-18)15-17-6-11-20(34-5)12-7-17/h6-7,10-14,18,26H,8-9,15-16H2,1-5H3/t24-,35+/m0/s1. The summed E-state index contributed by atoms with van der Waals surface area (Å²) in [6, 6.07) is 9.76. The van der Waals surface area contributed by atoms with Gasteiger partial charge in [0.2, 0.25) is 10.0 Å². The van der Waals surface area contributed by atoms with Gasteiger partial charge in [0.1, 0.15) is 11.6 Å². The summed E-state index contributed by atoms with van der Waals surface area (Å²) in [7, 11) is -4.31. The van der Waals surface area contributed by atoms with Crippen molar-refractivity contribution < 1.29 is 26.7 Å². The minimum atomic E-state index is -4.05. The quantitative estimate of drug-likeness (QED) is 0.339. The number of halogens is 1. The molecule has 198 valence electrons. The lowest BCUT2D eigenvalue weighted by Gasteiger charge is -2.35. The number of nitrogens with zero attached hydrogens (tertiary/aromatic N) is 2. The van der Waals surface area contributed by atoms with E-state index in [9.17, 15) is 22.7 Å². The van der Waals surface area contributed by atoms with Gasteiger partial charge in [-0.05, 0) is 64.3 Å². The Morgan fingerprint density at radius 1 is 1.17 bits per heavy atom. The molecule has 0 aliphatic heterocycles. The van der Waals surface area contributed by atoms with Crippen LogP contribution >= 0.6 is 0 Å². The van der Waals surface area contributed by atoms with Crippen molar-refractivity contribution in [1.29, 1.82) is 0 Å². The summed E-state index contributed by atoms with van der Waals surface area (Å²) in [5, 5.41) is 11.4. The van der Waals surface area contributed by atoms with E-state index in [1.807, 2.05) is 0 Å². The van der Waals surface area contributed by atoms with Crippen molar-refractivity contribution in [3.05, 3.63) is 69.5 Å². The van der Waals surface area contributed by atoms with Crippen molar-refractivity contribution in [2.75, 3.05) is 12.9 Å². The molecule has 0 amide bonds. The molecule has 1 fully saturated rings. The lowest BCUT2D eigenvalue weighted by Crippen LogP contribution is -2.52. The molecule has 0 aromatic heterocycles. The molecule has 0 heterocycles. The van der Waals surface area contributed by atoms with Crippen LogP contribution in [0.4, 0.5) is 10.1 Å². The van der Waals surface area contributed by atoms with E-state index in [0.717, 1.165) is 23.8 Å². The average Bonchev–Trinajstić information content (AvgIpc) is 3.61. The molecule has 3 rings (SSSR count). The van der Waals surface area contributed by atoms with Crippen molar-refractivity contribution in [3.8, 4) is 5.75 Å². The number of non-ortho nitro benzene ring substituents is 1. The van der Waals surface area contributed by atoms with Gasteiger partial charge in [-0.3, -0.25) is 10.1 Å². The average molecular weight is 542 g/mol. The Bertz CT molecular complexity index is 1240. The number of ether oxygens (including phenoxy) is 1. The number of nitro groups is 1. The van der Waals surface area contributed by atoms with Crippen LogP contribution in [0.1, 0.15) is 51.7 Å². The van der Waals surface area contributed by atoms with Crippen LogP contribution in [-0.2, 0) is 33.1 Å². The molecule has 1 N–H and O–H groups in total. The molecule has 2 aromatic rings. The molecular weight excluding hydrogens is 509 g/mol. The maximum atomic E-state index is 15.1. The topological polar surface area (TPSA) is 119 Å². The number of nitro benzene ring substituents is 1. The normalized spacial score (nSPS) is 17.0. The Morgan fingerprint density at radius 2 is 1.78 bits per heavy atom. The van der Waals surface area contributed by atoms with Crippen LogP contribution in [-0.4, -0.2) is 45.5 Å². The molecule has 2 aromatic carbocycles. The summed E-state index contributed by atoms with van der Waals surface area (Å²) >= 11 is 0. The van der Waals surface area contributed by atoms with Gasteiger partial charge in [0.15, 0.2) is 0 Å². The van der Waals surface area contributed by atoms with Crippen LogP contribution in [0, 0.1) is 15.9 Å². The van der Waals surface area contributed by atoms with Gasteiger partial charge in [0.25, 0.3) is 5.69 Å². The van der Waals surface area contributed by atoms with Crippen LogP contribution in [0.2, 0.25) is 0 Å². The molecule has 0 radical (unpaired) electrons. The van der Waals surface area contributed by atoms with Crippen molar-refractivity contribution in [1.82, 2.24) is 9.03 Å². The highest BCUT2D eigenvalue weighted by Crippen LogP contribution is 2.36. The molecule has 1 saturated carbocycles. The fraction of sp³-hybridized carbons (Fsp3) is 0.500. The van der Waals surface area contributed by atoms with E-state index in [1.165, 1.54) is 11.2 Å². The minimum Gasteiger partial charge on any atom is -0.497 e. The maximum absolute atomic E-state index is 15.1. The van der Waals surface area contributed by atoms with E-state index < -0.39 is 53.5 Å². The first-order valence-corrected chi connectivity index (χ1v) is 14.2. The lowest BCUT2D eigenvalue weighted by molar-refractivity contribution is -0.385. The molecule has 36 heavy (non-hydrogen) atoms. The summed E-state index contributed by atoms with van der Waals surface area (Å²) in [6.45, 7) is 6.58. The zero-order chi connectivity index (χ0) is 26.9. The van der Waals surface area contributed by atoms with Crippen molar-refractivity contribution in [2.24, 2.45) is 0 Å². The van der Waals surface area contributed by atoms with E-state index in [2.05, 4.69) is 4.72 Å². The van der Waals surface area contributed by atoms with Gasteiger partial charge in [-0.2, -0.15) is 4.31 Å². The minimum absolute atomic E-state index is 0.104. The van der Waals surface area contributed by atoms with Gasteiger partial charge in [-0.15, -0.1) is 0 Å². The highest BCUT2D eigenvalue weighted by atomic mass is 32.2. The molecule has 9 nitrogen and oxygen atoms in total. The third-order valence-electron chi connectivity index (χ3n) is 5.91. The first kappa shape index (κ1) is 28.2. The second-order valence-electron chi connectivity index (χ2n) is 10.1. The van der Waals surface area contributed by atoms with Crippen molar-refractivity contribution >= 4 is 26.7 Å². The third kappa shape index (κ3) is 6.67.